The van der Waals surface area contributed by atoms with Gasteiger partial charge in [-0.3, -0.25) is 9.78 Å². The van der Waals surface area contributed by atoms with E-state index in [0.717, 1.165) is 34.8 Å². The molecule has 0 aliphatic rings. The third-order valence-electron chi connectivity index (χ3n) is 3.00. The first-order chi connectivity index (χ1) is 9.01. The molecular formula is C15H18N2O2. The minimum atomic E-state index is -0.239. The van der Waals surface area contributed by atoms with Crippen LogP contribution >= 0.6 is 0 Å². The lowest BCUT2D eigenvalue weighted by molar-refractivity contribution is 0.0995. The van der Waals surface area contributed by atoms with Gasteiger partial charge in [0, 0.05) is 12.1 Å². The highest BCUT2D eigenvalue weighted by Gasteiger charge is 2.14. The number of aromatic nitrogens is 1. The van der Waals surface area contributed by atoms with Crippen LogP contribution < -0.4 is 5.32 Å². The van der Waals surface area contributed by atoms with Gasteiger partial charge in [0.05, 0.1) is 11.4 Å². The Balaban J connectivity index is 2.24. The Bertz CT molecular complexity index is 591. The van der Waals surface area contributed by atoms with Crippen LogP contribution in [-0.4, -0.2) is 10.9 Å². The van der Waals surface area contributed by atoms with Crippen molar-refractivity contribution in [3.05, 3.63) is 46.7 Å². The third kappa shape index (κ3) is 2.84. The zero-order valence-electron chi connectivity index (χ0n) is 11.7. The molecule has 0 saturated heterocycles. The number of nitrogens with zero attached hydrogens (tertiary/aromatic N) is 1. The quantitative estimate of drug-likeness (QED) is 0.917. The van der Waals surface area contributed by atoms with Crippen LogP contribution in [0, 0.1) is 20.8 Å². The zero-order valence-corrected chi connectivity index (χ0v) is 11.7. The molecule has 2 aromatic rings. The molecule has 0 bridgehead atoms. The number of furan rings is 1. The number of anilines is 1. The summed E-state index contributed by atoms with van der Waals surface area (Å²) in [5.74, 6) is 0.897. The average molecular weight is 258 g/mol. The predicted octanol–water partition coefficient (Wildman–Crippen LogP) is 3.41. The van der Waals surface area contributed by atoms with E-state index in [0.29, 0.717) is 5.76 Å². The molecule has 1 amide bonds. The molecule has 19 heavy (non-hydrogen) atoms. The number of aryl methyl sites for hydroxylation is 4. The predicted molar refractivity (Wildman–Crippen MR) is 74.5 cm³/mol. The molecule has 0 aromatic carbocycles. The second-order valence-corrected chi connectivity index (χ2v) is 4.61. The first-order valence-corrected chi connectivity index (χ1v) is 6.36. The average Bonchev–Trinajstić information content (AvgIpc) is 2.82. The third-order valence-corrected chi connectivity index (χ3v) is 3.00. The smallest absolute Gasteiger partial charge is 0.291 e. The summed E-state index contributed by atoms with van der Waals surface area (Å²) >= 11 is 0. The topological polar surface area (TPSA) is 55.1 Å². The van der Waals surface area contributed by atoms with E-state index in [1.807, 2.05) is 39.8 Å². The molecule has 100 valence electrons. The number of carbonyl (C=O) groups excluding carboxylic acids is 1. The molecule has 1 N–H and O–H groups in total. The Morgan fingerprint density at radius 1 is 1.32 bits per heavy atom. The van der Waals surface area contributed by atoms with Crippen LogP contribution in [0.3, 0.4) is 0 Å². The summed E-state index contributed by atoms with van der Waals surface area (Å²) in [6, 6.07) is 5.46. The highest BCUT2D eigenvalue weighted by molar-refractivity contribution is 6.03. The molecule has 0 fully saturated rings. The molecular weight excluding hydrogens is 240 g/mol. The molecule has 0 saturated carbocycles. The standard InChI is InChI=1S/C15H18N2O2/c1-5-12-6-7-13(19-12)15(18)17-14-9(2)8-10(3)16-11(14)4/h6-8H,5H2,1-4H3,(H,17,18). The lowest BCUT2D eigenvalue weighted by atomic mass is 10.1. The fourth-order valence-corrected chi connectivity index (χ4v) is 2.08. The number of hydrogen-bond donors (Lipinski definition) is 1. The molecule has 4 nitrogen and oxygen atoms in total. The van der Waals surface area contributed by atoms with E-state index in [4.69, 9.17) is 4.42 Å². The van der Waals surface area contributed by atoms with Crippen LogP contribution in [0.2, 0.25) is 0 Å². The van der Waals surface area contributed by atoms with E-state index >= 15 is 0 Å². The molecule has 0 atom stereocenters. The number of rotatable bonds is 3. The monoisotopic (exact) mass is 258 g/mol. The second kappa shape index (κ2) is 5.26. The molecule has 0 radical (unpaired) electrons. The Morgan fingerprint density at radius 3 is 2.63 bits per heavy atom. The van der Waals surface area contributed by atoms with Crippen molar-refractivity contribution in [1.29, 1.82) is 0 Å². The number of nitrogens with one attached hydrogen (secondary N) is 1. The van der Waals surface area contributed by atoms with E-state index in [9.17, 15) is 4.79 Å². The SMILES string of the molecule is CCc1ccc(C(=O)Nc2c(C)cc(C)nc2C)o1. The normalized spacial score (nSPS) is 10.5. The molecule has 0 spiro atoms. The van der Waals surface area contributed by atoms with E-state index in [-0.39, 0.29) is 5.91 Å². The van der Waals surface area contributed by atoms with Crippen molar-refractivity contribution in [3.8, 4) is 0 Å². The van der Waals surface area contributed by atoms with Crippen LogP contribution in [0.15, 0.2) is 22.6 Å². The largest absolute Gasteiger partial charge is 0.456 e. The summed E-state index contributed by atoms with van der Waals surface area (Å²) in [6.07, 6.45) is 0.775. The van der Waals surface area contributed by atoms with Crippen molar-refractivity contribution in [2.45, 2.75) is 34.1 Å². The summed E-state index contributed by atoms with van der Waals surface area (Å²) in [5, 5.41) is 2.86. The fourth-order valence-electron chi connectivity index (χ4n) is 2.08. The van der Waals surface area contributed by atoms with E-state index in [1.165, 1.54) is 0 Å². The van der Waals surface area contributed by atoms with Gasteiger partial charge in [0.1, 0.15) is 5.76 Å². The first-order valence-electron chi connectivity index (χ1n) is 6.36. The highest BCUT2D eigenvalue weighted by Crippen LogP contribution is 2.20. The van der Waals surface area contributed by atoms with Gasteiger partial charge < -0.3 is 9.73 Å². The van der Waals surface area contributed by atoms with Gasteiger partial charge in [-0.25, -0.2) is 0 Å². The summed E-state index contributed by atoms with van der Waals surface area (Å²) in [7, 11) is 0. The van der Waals surface area contributed by atoms with Crippen LogP contribution in [-0.2, 0) is 6.42 Å². The zero-order chi connectivity index (χ0) is 14.0. The van der Waals surface area contributed by atoms with Crippen LogP contribution in [0.25, 0.3) is 0 Å². The van der Waals surface area contributed by atoms with Gasteiger partial charge in [-0.1, -0.05) is 6.92 Å². The Hall–Kier alpha value is -2.10. The van der Waals surface area contributed by atoms with Gasteiger partial charge in [0.2, 0.25) is 0 Å². The Kier molecular flexibility index (Phi) is 3.69. The summed E-state index contributed by atoms with van der Waals surface area (Å²) in [5.41, 5.74) is 3.51. The maximum atomic E-state index is 12.1. The maximum absolute atomic E-state index is 12.1. The van der Waals surface area contributed by atoms with Gasteiger partial charge >= 0.3 is 0 Å². The molecule has 0 unspecified atom stereocenters. The van der Waals surface area contributed by atoms with Crippen LogP contribution in [0.1, 0.15) is 40.2 Å². The van der Waals surface area contributed by atoms with Gasteiger partial charge in [-0.05, 0) is 44.5 Å². The first kappa shape index (κ1) is 13.3. The van der Waals surface area contributed by atoms with Crippen molar-refractivity contribution in [2.24, 2.45) is 0 Å². The maximum Gasteiger partial charge on any atom is 0.291 e. The highest BCUT2D eigenvalue weighted by atomic mass is 16.3. The Morgan fingerprint density at radius 2 is 2.05 bits per heavy atom. The number of hydrogen-bond acceptors (Lipinski definition) is 3. The summed E-state index contributed by atoms with van der Waals surface area (Å²) in [6.45, 7) is 7.76. The summed E-state index contributed by atoms with van der Waals surface area (Å²) < 4.78 is 5.44. The van der Waals surface area contributed by atoms with Gasteiger partial charge in [0.25, 0.3) is 5.91 Å². The molecule has 2 aromatic heterocycles. The van der Waals surface area contributed by atoms with Gasteiger partial charge in [-0.15, -0.1) is 0 Å². The Labute approximate surface area is 112 Å². The second-order valence-electron chi connectivity index (χ2n) is 4.61. The molecule has 2 heterocycles. The lowest BCUT2D eigenvalue weighted by Crippen LogP contribution is -2.13. The van der Waals surface area contributed by atoms with E-state index in [1.54, 1.807) is 6.07 Å². The van der Waals surface area contributed by atoms with Crippen molar-refractivity contribution < 1.29 is 9.21 Å². The van der Waals surface area contributed by atoms with Gasteiger partial charge in [-0.2, -0.15) is 0 Å². The van der Waals surface area contributed by atoms with Gasteiger partial charge in [0.15, 0.2) is 5.76 Å². The van der Waals surface area contributed by atoms with E-state index < -0.39 is 0 Å². The van der Waals surface area contributed by atoms with E-state index in [2.05, 4.69) is 10.3 Å². The number of amides is 1. The number of pyridine rings is 1. The van der Waals surface area contributed by atoms with Crippen LogP contribution in [0.4, 0.5) is 5.69 Å². The van der Waals surface area contributed by atoms with Crippen molar-refractivity contribution in [2.75, 3.05) is 5.32 Å². The minimum absolute atomic E-state index is 0.239. The fraction of sp³-hybridized carbons (Fsp3) is 0.333. The minimum Gasteiger partial charge on any atom is -0.456 e. The lowest BCUT2D eigenvalue weighted by Gasteiger charge is -2.10. The molecule has 0 aliphatic heterocycles. The summed E-state index contributed by atoms with van der Waals surface area (Å²) in [4.78, 5) is 16.5. The van der Waals surface area contributed by atoms with Crippen LogP contribution in [0.5, 0.6) is 0 Å². The molecule has 2 rings (SSSR count). The van der Waals surface area contributed by atoms with Crippen molar-refractivity contribution in [1.82, 2.24) is 4.98 Å². The van der Waals surface area contributed by atoms with Crippen molar-refractivity contribution >= 4 is 11.6 Å². The molecule has 4 heteroatoms. The number of carbonyl (C=O) groups is 1. The van der Waals surface area contributed by atoms with Crippen molar-refractivity contribution in [3.63, 3.8) is 0 Å². The molecule has 0 aliphatic carbocycles.